The number of rotatable bonds is 2. The smallest absolute Gasteiger partial charge is 1.00 e. The molecule has 168 valence electrons. The molecule has 5 heteroatoms. The van der Waals surface area contributed by atoms with Crippen molar-refractivity contribution in [2.75, 3.05) is 0 Å². The second-order valence-corrected chi connectivity index (χ2v) is 26.1. The first-order valence-corrected chi connectivity index (χ1v) is 21.0. The Hall–Kier alpha value is -0.183. The minimum atomic E-state index is -1.47. The molecule has 1 spiro atoms. The molecule has 1 heterocycles. The van der Waals surface area contributed by atoms with Crippen molar-refractivity contribution in [3.63, 3.8) is 0 Å². The molecule has 2 atom stereocenters. The summed E-state index contributed by atoms with van der Waals surface area (Å²) in [6, 6.07) is 18.9. The van der Waals surface area contributed by atoms with Gasteiger partial charge in [-0.1, -0.05) is 0 Å². The van der Waals surface area contributed by atoms with Gasteiger partial charge < -0.3 is 24.8 Å². The third-order valence-corrected chi connectivity index (χ3v) is 17.6. The van der Waals surface area contributed by atoms with Gasteiger partial charge in [-0.15, -0.1) is 0 Å². The van der Waals surface area contributed by atoms with Crippen molar-refractivity contribution in [2.24, 2.45) is 5.41 Å². The number of allylic oxidation sites excluding steroid dienone is 2. The molecule has 0 nitrogen and oxygen atoms in total. The third kappa shape index (κ3) is 3.44. The molecule has 0 aromatic heterocycles. The van der Waals surface area contributed by atoms with Gasteiger partial charge in [0.1, 0.15) is 0 Å². The molecule has 2 aromatic rings. The van der Waals surface area contributed by atoms with Gasteiger partial charge in [-0.3, -0.25) is 0 Å². The summed E-state index contributed by atoms with van der Waals surface area (Å²) in [5, 5.41) is 3.51. The zero-order chi connectivity index (χ0) is 21.7. The van der Waals surface area contributed by atoms with Crippen LogP contribution in [0.5, 0.6) is 0 Å². The normalized spacial score (nSPS) is 24.5. The molecular weight excluding hydrogens is 543 g/mol. The van der Waals surface area contributed by atoms with Gasteiger partial charge in [-0.2, -0.15) is 0 Å². The molecule has 1 aliphatic heterocycles. The molecule has 0 bridgehead atoms. The summed E-state index contributed by atoms with van der Waals surface area (Å²) < 4.78 is 1.04. The van der Waals surface area contributed by atoms with Crippen molar-refractivity contribution < 1.29 is 48.0 Å². The summed E-state index contributed by atoms with van der Waals surface area (Å²) in [5.74, 6) is 0. The monoisotopic (exact) mass is 574 g/mol. The fraction of sp³-hybridized carbons (Fsp3) is 0.407. The van der Waals surface area contributed by atoms with Gasteiger partial charge in [0, 0.05) is 0 Å². The van der Waals surface area contributed by atoms with Crippen LogP contribution in [0.1, 0.15) is 39.7 Å². The van der Waals surface area contributed by atoms with Gasteiger partial charge in [0.25, 0.3) is 0 Å². The molecule has 0 saturated carbocycles. The van der Waals surface area contributed by atoms with Crippen LogP contribution in [-0.2, 0) is 26.4 Å². The molecular formula is C27H34Cl2Si2Zr. The van der Waals surface area contributed by atoms with Crippen LogP contribution in [0.2, 0.25) is 39.3 Å². The maximum absolute atomic E-state index is 2.84. The van der Waals surface area contributed by atoms with E-state index < -0.39 is 39.4 Å². The summed E-state index contributed by atoms with van der Waals surface area (Å²) in [6.07, 6.45) is 2.84. The maximum Gasteiger partial charge on any atom is -1.00 e. The zero-order valence-electron chi connectivity index (χ0n) is 20.5. The number of benzene rings is 2. The molecule has 0 N–H and O–H groups in total. The van der Waals surface area contributed by atoms with Crippen LogP contribution in [-0.4, -0.2) is 16.1 Å². The second kappa shape index (κ2) is 8.20. The Bertz CT molecular complexity index is 1130. The van der Waals surface area contributed by atoms with Crippen LogP contribution in [0.15, 0.2) is 60.2 Å². The van der Waals surface area contributed by atoms with E-state index in [4.69, 9.17) is 0 Å². The Kier molecular flexibility index (Phi) is 6.77. The molecule has 2 aromatic carbocycles. The van der Waals surface area contributed by atoms with Gasteiger partial charge >= 0.3 is 198 Å². The Labute approximate surface area is 220 Å². The van der Waals surface area contributed by atoms with Crippen LogP contribution in [0.25, 0.3) is 10.4 Å². The van der Waals surface area contributed by atoms with E-state index >= 15 is 0 Å². The fourth-order valence-corrected chi connectivity index (χ4v) is 17.5. The van der Waals surface area contributed by atoms with E-state index in [1.165, 1.54) is 0 Å². The molecule has 2 aliphatic carbocycles. The van der Waals surface area contributed by atoms with Crippen molar-refractivity contribution in [1.29, 1.82) is 0 Å². The molecule has 32 heavy (non-hydrogen) atoms. The summed E-state index contributed by atoms with van der Waals surface area (Å²) in [7, 11) is -2.88. The number of hydrogen-bond donors (Lipinski definition) is 0. The molecule has 0 amide bonds. The molecule has 1 fully saturated rings. The Morgan fingerprint density at radius 3 is 1.91 bits per heavy atom. The first-order chi connectivity index (χ1) is 13.9. The van der Waals surface area contributed by atoms with Gasteiger partial charge in [0.15, 0.2) is 0 Å². The van der Waals surface area contributed by atoms with Crippen molar-refractivity contribution in [1.82, 2.24) is 0 Å². The maximum atomic E-state index is 2.84. The van der Waals surface area contributed by atoms with E-state index in [1.807, 2.05) is 5.57 Å². The molecule has 2 unspecified atom stereocenters. The number of fused-ring (bicyclic) bond motifs is 5. The van der Waals surface area contributed by atoms with E-state index in [0.29, 0.717) is 3.12 Å². The van der Waals surface area contributed by atoms with Crippen molar-refractivity contribution in [3.8, 4) is 0 Å². The third-order valence-electron chi connectivity index (χ3n) is 7.69. The molecule has 1 saturated heterocycles. The standard InChI is InChI=1S/C27H34Si2.2ClH.Zr/c1-27(2,23-18-25(28(3,4)5)22-16-12-11-15-21(22)23)24-17-19-13-9-10-14-20(19)26(24)29(6,7)8;;;/h9-18H,1-8H3;2*1H;/q;;;+2/p-2. The van der Waals surface area contributed by atoms with E-state index in [1.54, 1.807) is 32.6 Å². The van der Waals surface area contributed by atoms with Gasteiger partial charge in [-0.25, -0.2) is 0 Å². The first kappa shape index (κ1) is 26.4. The fourth-order valence-electron chi connectivity index (χ4n) is 6.36. The van der Waals surface area contributed by atoms with Crippen LogP contribution in [0.4, 0.5) is 0 Å². The van der Waals surface area contributed by atoms with Gasteiger partial charge in [-0.05, 0) is 0 Å². The molecule has 0 radical (unpaired) electrons. The second-order valence-electron chi connectivity index (χ2n) is 12.0. The molecule has 3 aliphatic rings. The number of halogens is 2. The Morgan fingerprint density at radius 1 is 0.750 bits per heavy atom. The summed E-state index contributed by atoms with van der Waals surface area (Å²) in [5.41, 5.74) is 8.60. The largest absolute Gasteiger partial charge is 1.00 e. The van der Waals surface area contributed by atoms with E-state index in [-0.39, 0.29) is 30.2 Å². The number of hydrogen-bond acceptors (Lipinski definition) is 0. The minimum Gasteiger partial charge on any atom is -1.00 e. The summed E-state index contributed by atoms with van der Waals surface area (Å²) >= 11 is -0.825. The van der Waals surface area contributed by atoms with Crippen molar-refractivity contribution in [2.45, 2.75) is 59.9 Å². The zero-order valence-corrected chi connectivity index (χ0v) is 26.5. The van der Waals surface area contributed by atoms with Crippen molar-refractivity contribution >= 4 is 26.5 Å². The summed E-state index contributed by atoms with van der Waals surface area (Å²) in [6.45, 7) is 20.5. The first-order valence-electron chi connectivity index (χ1n) is 11.3. The molecule has 5 rings (SSSR count). The quantitative estimate of drug-likeness (QED) is 0.478. The van der Waals surface area contributed by atoms with Gasteiger partial charge in [0.2, 0.25) is 0 Å². The Morgan fingerprint density at radius 2 is 1.31 bits per heavy atom. The minimum absolute atomic E-state index is 0. The van der Waals surface area contributed by atoms with Crippen LogP contribution < -0.4 is 24.8 Å². The van der Waals surface area contributed by atoms with E-state index in [0.717, 1.165) is 3.63 Å². The predicted molar refractivity (Wildman–Crippen MR) is 133 cm³/mol. The summed E-state index contributed by atoms with van der Waals surface area (Å²) in [4.78, 5) is 0. The van der Waals surface area contributed by atoms with Crippen LogP contribution >= 0.6 is 0 Å². The van der Waals surface area contributed by atoms with E-state index in [2.05, 4.69) is 108 Å². The average molecular weight is 577 g/mol. The van der Waals surface area contributed by atoms with E-state index in [9.17, 15) is 0 Å². The van der Waals surface area contributed by atoms with Crippen LogP contribution in [0.3, 0.4) is 0 Å². The van der Waals surface area contributed by atoms with Crippen molar-refractivity contribution in [3.05, 3.63) is 82.4 Å². The van der Waals surface area contributed by atoms with Gasteiger partial charge in [0.05, 0.1) is 0 Å². The Balaban J connectivity index is 0.00000144. The van der Waals surface area contributed by atoms with Crippen LogP contribution in [0, 0.1) is 5.41 Å². The topological polar surface area (TPSA) is 0 Å². The average Bonchev–Trinajstić information content (AvgIpc) is 3.24. The SMILES string of the molecule is CC1(C)C2=C([Si](C)(C)C)c3ccccc3[CH]2[Zr+2][C]12C=C([Si](C)(C)C)c1ccccc12.[Cl-].[Cl-]. The predicted octanol–water partition coefficient (Wildman–Crippen LogP) is 1.67.